The molecule has 2 bridgehead atoms. The van der Waals surface area contributed by atoms with Gasteiger partial charge in [-0.25, -0.2) is 0 Å². The van der Waals surface area contributed by atoms with E-state index in [0.717, 1.165) is 0 Å². The van der Waals surface area contributed by atoms with E-state index in [1.165, 1.54) is 0 Å². The van der Waals surface area contributed by atoms with E-state index in [1.54, 1.807) is 11.0 Å². The Morgan fingerprint density at radius 3 is 2.78 bits per heavy atom. The van der Waals surface area contributed by atoms with Gasteiger partial charge in [0.2, 0.25) is 5.91 Å². The number of likely N-dealkylation sites (tertiary alicyclic amines) is 1. The van der Waals surface area contributed by atoms with Crippen LogP contribution in [0.3, 0.4) is 0 Å². The summed E-state index contributed by atoms with van der Waals surface area (Å²) in [6.07, 6.45) is 3.09. The molecule has 18 heavy (non-hydrogen) atoms. The molecular formula is C13H16NO4-. The summed E-state index contributed by atoms with van der Waals surface area (Å²) in [5.74, 6) is -2.81. The van der Waals surface area contributed by atoms with Gasteiger partial charge in [-0.1, -0.05) is 12.2 Å². The van der Waals surface area contributed by atoms with Gasteiger partial charge in [0.05, 0.1) is 18.6 Å². The van der Waals surface area contributed by atoms with Crippen LogP contribution in [-0.2, 0) is 14.3 Å². The van der Waals surface area contributed by atoms with E-state index in [9.17, 15) is 14.7 Å². The van der Waals surface area contributed by atoms with Gasteiger partial charge in [-0.05, 0) is 20.8 Å². The van der Waals surface area contributed by atoms with Crippen molar-refractivity contribution in [2.24, 2.45) is 11.8 Å². The standard InChI is InChI=1S/C13H17NO4/c1-12(2,3)14-6-13-5-4-7(18-13)8(11(16)17)9(13)10(14)15/h4-5,7-9H,6H2,1-3H3,(H,16,17)/p-1/t7-,8+,9-,13+/m1/s1. The summed E-state index contributed by atoms with van der Waals surface area (Å²) >= 11 is 0. The average molecular weight is 250 g/mol. The molecule has 0 aromatic rings. The molecule has 0 aromatic heterocycles. The lowest BCUT2D eigenvalue weighted by Gasteiger charge is -2.33. The number of nitrogens with zero attached hydrogens (tertiary/aromatic N) is 1. The first-order valence-corrected chi connectivity index (χ1v) is 6.16. The third-order valence-electron chi connectivity index (χ3n) is 4.18. The summed E-state index contributed by atoms with van der Waals surface area (Å²) in [5, 5.41) is 11.2. The van der Waals surface area contributed by atoms with Gasteiger partial charge in [-0.15, -0.1) is 0 Å². The van der Waals surface area contributed by atoms with Crippen LogP contribution < -0.4 is 5.11 Å². The number of fused-ring (bicyclic) bond motifs is 1. The van der Waals surface area contributed by atoms with Gasteiger partial charge in [0.1, 0.15) is 5.60 Å². The molecule has 5 nitrogen and oxygen atoms in total. The summed E-state index contributed by atoms with van der Waals surface area (Å²) < 4.78 is 5.76. The summed E-state index contributed by atoms with van der Waals surface area (Å²) in [4.78, 5) is 25.4. The van der Waals surface area contributed by atoms with Gasteiger partial charge >= 0.3 is 0 Å². The van der Waals surface area contributed by atoms with E-state index in [4.69, 9.17) is 4.74 Å². The Labute approximate surface area is 105 Å². The Morgan fingerprint density at radius 2 is 2.22 bits per heavy atom. The van der Waals surface area contributed by atoms with Gasteiger partial charge in [-0.2, -0.15) is 0 Å². The zero-order chi connectivity index (χ0) is 13.3. The highest BCUT2D eigenvalue weighted by atomic mass is 16.5. The van der Waals surface area contributed by atoms with Crippen molar-refractivity contribution in [2.45, 2.75) is 38.0 Å². The van der Waals surface area contributed by atoms with Crippen molar-refractivity contribution >= 4 is 11.9 Å². The highest BCUT2D eigenvalue weighted by Crippen LogP contribution is 2.52. The van der Waals surface area contributed by atoms with Crippen LogP contribution in [0.5, 0.6) is 0 Å². The number of carbonyl (C=O) groups is 2. The van der Waals surface area contributed by atoms with Crippen LogP contribution in [-0.4, -0.2) is 40.6 Å². The summed E-state index contributed by atoms with van der Waals surface area (Å²) in [6.45, 7) is 6.24. The molecule has 4 atom stereocenters. The fourth-order valence-electron chi connectivity index (χ4n) is 3.34. The van der Waals surface area contributed by atoms with Crippen LogP contribution in [0.25, 0.3) is 0 Å². The first kappa shape index (κ1) is 11.7. The third-order valence-corrected chi connectivity index (χ3v) is 4.18. The van der Waals surface area contributed by atoms with Gasteiger partial charge in [-0.3, -0.25) is 4.79 Å². The normalized spacial score (nSPS) is 41.6. The number of carboxylic acids is 1. The topological polar surface area (TPSA) is 69.7 Å². The van der Waals surface area contributed by atoms with Crippen LogP contribution in [0.15, 0.2) is 12.2 Å². The van der Waals surface area contributed by atoms with E-state index in [2.05, 4.69) is 0 Å². The third kappa shape index (κ3) is 1.25. The van der Waals surface area contributed by atoms with Crippen molar-refractivity contribution in [3.8, 4) is 0 Å². The molecule has 5 heteroatoms. The molecule has 1 amide bonds. The maximum absolute atomic E-state index is 12.5. The quantitative estimate of drug-likeness (QED) is 0.578. The van der Waals surface area contributed by atoms with Crippen LogP contribution >= 0.6 is 0 Å². The molecule has 0 saturated carbocycles. The Morgan fingerprint density at radius 1 is 1.56 bits per heavy atom. The van der Waals surface area contributed by atoms with Gasteiger partial charge < -0.3 is 19.5 Å². The molecule has 0 aromatic carbocycles. The Kier molecular flexibility index (Phi) is 2.05. The maximum Gasteiger partial charge on any atom is 0.230 e. The van der Waals surface area contributed by atoms with Gasteiger partial charge in [0.15, 0.2) is 0 Å². The van der Waals surface area contributed by atoms with Crippen LogP contribution in [0.1, 0.15) is 20.8 Å². The molecule has 2 fully saturated rings. The second-order valence-electron chi connectivity index (χ2n) is 6.31. The molecule has 3 aliphatic rings. The molecule has 3 rings (SSSR count). The first-order valence-electron chi connectivity index (χ1n) is 6.16. The summed E-state index contributed by atoms with van der Waals surface area (Å²) in [7, 11) is 0. The highest BCUT2D eigenvalue weighted by molar-refractivity contribution is 5.90. The molecule has 98 valence electrons. The zero-order valence-corrected chi connectivity index (χ0v) is 10.7. The number of carboxylic acid groups (broad SMARTS) is 1. The van der Waals surface area contributed by atoms with Gasteiger partial charge in [0, 0.05) is 17.4 Å². The monoisotopic (exact) mass is 250 g/mol. The predicted octanol–water partition coefficient (Wildman–Crippen LogP) is -0.683. The maximum atomic E-state index is 12.5. The van der Waals surface area contributed by atoms with E-state index < -0.39 is 29.5 Å². The molecule has 3 heterocycles. The molecule has 0 radical (unpaired) electrons. The van der Waals surface area contributed by atoms with E-state index in [-0.39, 0.29) is 11.4 Å². The number of hydrogen-bond acceptors (Lipinski definition) is 4. The lowest BCUT2D eigenvalue weighted by molar-refractivity contribution is -0.313. The minimum atomic E-state index is -1.19. The molecule has 0 N–H and O–H groups in total. The predicted molar refractivity (Wildman–Crippen MR) is 60.2 cm³/mol. The van der Waals surface area contributed by atoms with E-state index in [1.807, 2.05) is 26.8 Å². The lowest BCUT2D eigenvalue weighted by atomic mass is 9.77. The van der Waals surface area contributed by atoms with Crippen LogP contribution in [0.2, 0.25) is 0 Å². The van der Waals surface area contributed by atoms with Crippen LogP contribution in [0.4, 0.5) is 0 Å². The number of ether oxygens (including phenoxy) is 1. The SMILES string of the molecule is CC(C)(C)N1C[C@]23C=C[C@@H](O2)[C@H](C(=O)[O-])[C@@H]3C1=O. The van der Waals surface area contributed by atoms with Crippen LogP contribution in [0, 0.1) is 11.8 Å². The Balaban J connectivity index is 2.02. The smallest absolute Gasteiger partial charge is 0.230 e. The highest BCUT2D eigenvalue weighted by Gasteiger charge is 2.66. The second-order valence-corrected chi connectivity index (χ2v) is 6.31. The number of amides is 1. The summed E-state index contributed by atoms with van der Waals surface area (Å²) in [5.41, 5.74) is -1.08. The first-order chi connectivity index (χ1) is 8.26. The fraction of sp³-hybridized carbons (Fsp3) is 0.692. The van der Waals surface area contributed by atoms with Crippen molar-refractivity contribution in [3.63, 3.8) is 0 Å². The molecule has 1 spiro atoms. The van der Waals surface area contributed by atoms with E-state index >= 15 is 0 Å². The molecule has 0 aliphatic carbocycles. The average Bonchev–Trinajstić information content (AvgIpc) is 2.85. The zero-order valence-electron chi connectivity index (χ0n) is 10.7. The van der Waals surface area contributed by atoms with Crippen molar-refractivity contribution in [2.75, 3.05) is 6.54 Å². The molecule has 3 aliphatic heterocycles. The van der Waals surface area contributed by atoms with Crippen molar-refractivity contribution in [1.82, 2.24) is 4.90 Å². The molecule has 2 saturated heterocycles. The minimum Gasteiger partial charge on any atom is -0.550 e. The largest absolute Gasteiger partial charge is 0.550 e. The molecular weight excluding hydrogens is 234 g/mol. The van der Waals surface area contributed by atoms with Crippen molar-refractivity contribution < 1.29 is 19.4 Å². The molecule has 0 unspecified atom stereocenters. The van der Waals surface area contributed by atoms with Crippen molar-refractivity contribution in [3.05, 3.63) is 12.2 Å². The number of aliphatic carboxylic acids is 1. The van der Waals surface area contributed by atoms with Gasteiger partial charge in [0.25, 0.3) is 0 Å². The number of carbonyl (C=O) groups excluding carboxylic acids is 2. The number of rotatable bonds is 1. The summed E-state index contributed by atoms with van der Waals surface area (Å²) in [6, 6.07) is 0. The Hall–Kier alpha value is -1.36. The lowest BCUT2D eigenvalue weighted by Crippen LogP contribution is -2.47. The minimum absolute atomic E-state index is 0.136. The Bertz CT molecular complexity index is 464. The fourth-order valence-corrected chi connectivity index (χ4v) is 3.34. The second kappa shape index (κ2) is 3.15. The van der Waals surface area contributed by atoms with E-state index in [0.29, 0.717) is 6.54 Å². The van der Waals surface area contributed by atoms with Crippen molar-refractivity contribution in [1.29, 1.82) is 0 Å². The number of hydrogen-bond donors (Lipinski definition) is 0.